The molecule has 0 fully saturated rings. The molecule has 166 valence electrons. The maximum atomic E-state index is 13.9. The molecule has 0 saturated carbocycles. The highest BCUT2D eigenvalue weighted by Gasteiger charge is 2.53. The molecule has 0 saturated heterocycles. The van der Waals surface area contributed by atoms with Gasteiger partial charge in [0.05, 0.1) is 14.2 Å². The molecule has 1 heterocycles. The van der Waals surface area contributed by atoms with Crippen LogP contribution in [0.15, 0.2) is 42.5 Å². The number of rotatable bonds is 5. The van der Waals surface area contributed by atoms with Crippen LogP contribution in [-0.4, -0.2) is 31.6 Å². The number of nitrogens with zero attached hydrogens (tertiary/aromatic N) is 1. The van der Waals surface area contributed by atoms with Gasteiger partial charge in [-0.25, -0.2) is 4.79 Å². The molecule has 1 aliphatic rings. The Morgan fingerprint density at radius 2 is 1.77 bits per heavy atom. The van der Waals surface area contributed by atoms with Crippen LogP contribution in [-0.2, 0) is 21.4 Å². The Balaban J connectivity index is 2.16. The highest BCUT2D eigenvalue weighted by molar-refractivity contribution is 6.13. The van der Waals surface area contributed by atoms with Gasteiger partial charge in [0.15, 0.2) is 0 Å². The van der Waals surface area contributed by atoms with E-state index >= 15 is 0 Å². The molecule has 0 radical (unpaired) electrons. The van der Waals surface area contributed by atoms with Gasteiger partial charge in [0, 0.05) is 17.7 Å². The normalized spacial score (nSPS) is 18.1. The summed E-state index contributed by atoms with van der Waals surface area (Å²) in [5.41, 5.74) is 2.05. The molecule has 0 N–H and O–H groups in total. The second-order valence-corrected chi connectivity index (χ2v) is 9.73. The number of amides is 1. The van der Waals surface area contributed by atoms with E-state index in [1.165, 1.54) is 7.11 Å². The standard InChI is InChI=1S/C26H33NO4/c1-17(2)15-26(24(29)31-7)16-19-10-8-9-11-21(19)27(26)23(28)18-12-13-20(25(3,4)5)22(14-18)30-6/h8-14,17H,15-16H2,1-7H3. The topological polar surface area (TPSA) is 55.8 Å². The summed E-state index contributed by atoms with van der Waals surface area (Å²) in [6, 6.07) is 13.3. The molecular formula is C26H33NO4. The third kappa shape index (κ3) is 4.06. The monoisotopic (exact) mass is 423 g/mol. The molecule has 1 aliphatic heterocycles. The fourth-order valence-corrected chi connectivity index (χ4v) is 4.66. The lowest BCUT2D eigenvalue weighted by atomic mass is 9.84. The van der Waals surface area contributed by atoms with E-state index in [1.54, 1.807) is 18.1 Å². The number of hydrogen-bond donors (Lipinski definition) is 0. The van der Waals surface area contributed by atoms with Crippen molar-refractivity contribution in [2.45, 2.75) is 58.4 Å². The van der Waals surface area contributed by atoms with Crippen LogP contribution >= 0.6 is 0 Å². The summed E-state index contributed by atoms with van der Waals surface area (Å²) in [7, 11) is 3.00. The van der Waals surface area contributed by atoms with Crippen molar-refractivity contribution in [2.75, 3.05) is 19.1 Å². The van der Waals surface area contributed by atoms with Gasteiger partial charge in [0.2, 0.25) is 0 Å². The summed E-state index contributed by atoms with van der Waals surface area (Å²) in [5.74, 6) is 0.249. The third-order valence-corrected chi connectivity index (χ3v) is 5.91. The fraction of sp³-hybridized carbons (Fsp3) is 0.462. The zero-order valence-electron chi connectivity index (χ0n) is 19.6. The van der Waals surface area contributed by atoms with Crippen molar-refractivity contribution in [3.05, 3.63) is 59.2 Å². The van der Waals surface area contributed by atoms with Crippen LogP contribution in [0.1, 0.15) is 62.5 Å². The van der Waals surface area contributed by atoms with E-state index in [0.717, 1.165) is 16.8 Å². The molecule has 1 amide bonds. The number of anilines is 1. The largest absolute Gasteiger partial charge is 0.496 e. The minimum absolute atomic E-state index is 0.124. The fourth-order valence-electron chi connectivity index (χ4n) is 4.66. The lowest BCUT2D eigenvalue weighted by molar-refractivity contribution is -0.147. The molecular weight excluding hydrogens is 390 g/mol. The molecule has 1 unspecified atom stereocenters. The van der Waals surface area contributed by atoms with Gasteiger partial charge in [-0.2, -0.15) is 0 Å². The number of methoxy groups -OCH3 is 2. The van der Waals surface area contributed by atoms with Crippen molar-refractivity contribution in [1.29, 1.82) is 0 Å². The maximum Gasteiger partial charge on any atom is 0.332 e. The van der Waals surface area contributed by atoms with Crippen LogP contribution in [0.2, 0.25) is 0 Å². The lowest BCUT2D eigenvalue weighted by Crippen LogP contribution is -2.57. The van der Waals surface area contributed by atoms with Crippen LogP contribution in [0.25, 0.3) is 0 Å². The van der Waals surface area contributed by atoms with E-state index in [9.17, 15) is 9.59 Å². The van der Waals surface area contributed by atoms with Crippen LogP contribution in [0, 0.1) is 5.92 Å². The first kappa shape index (κ1) is 22.9. The molecule has 5 nitrogen and oxygen atoms in total. The van der Waals surface area contributed by atoms with Gasteiger partial charge in [-0.15, -0.1) is 0 Å². The van der Waals surface area contributed by atoms with Gasteiger partial charge < -0.3 is 9.47 Å². The molecule has 0 spiro atoms. The number of carbonyl (C=O) groups is 2. The number of ether oxygens (including phenoxy) is 2. The Bertz CT molecular complexity index is 989. The first-order chi connectivity index (χ1) is 14.5. The zero-order chi connectivity index (χ0) is 23.0. The van der Waals surface area contributed by atoms with Gasteiger partial charge in [0.1, 0.15) is 11.3 Å². The number of fused-ring (bicyclic) bond motifs is 1. The molecule has 5 heteroatoms. The highest BCUT2D eigenvalue weighted by Crippen LogP contribution is 2.44. The second kappa shape index (κ2) is 8.37. The summed E-state index contributed by atoms with van der Waals surface area (Å²) in [6.07, 6.45) is 0.953. The van der Waals surface area contributed by atoms with Crippen molar-refractivity contribution in [2.24, 2.45) is 5.92 Å². The Morgan fingerprint density at radius 3 is 2.35 bits per heavy atom. The van der Waals surface area contributed by atoms with Gasteiger partial charge in [0.25, 0.3) is 5.91 Å². The van der Waals surface area contributed by atoms with Crippen LogP contribution < -0.4 is 9.64 Å². The van der Waals surface area contributed by atoms with Crippen LogP contribution in [0.4, 0.5) is 5.69 Å². The van der Waals surface area contributed by atoms with Gasteiger partial charge in [-0.1, -0.05) is 58.9 Å². The summed E-state index contributed by atoms with van der Waals surface area (Å²) in [4.78, 5) is 28.7. The Morgan fingerprint density at radius 1 is 1.10 bits per heavy atom. The van der Waals surface area contributed by atoms with E-state index in [4.69, 9.17) is 9.47 Å². The smallest absolute Gasteiger partial charge is 0.332 e. The molecule has 0 aromatic heterocycles. The summed E-state index contributed by atoms with van der Waals surface area (Å²) in [5, 5.41) is 0. The van der Waals surface area contributed by atoms with E-state index in [0.29, 0.717) is 24.2 Å². The van der Waals surface area contributed by atoms with Gasteiger partial charge in [-0.05, 0) is 47.1 Å². The quantitative estimate of drug-likeness (QED) is 0.624. The summed E-state index contributed by atoms with van der Waals surface area (Å²) < 4.78 is 10.9. The number of carbonyl (C=O) groups excluding carboxylic acids is 2. The van der Waals surface area contributed by atoms with Gasteiger partial charge >= 0.3 is 5.97 Å². The number of benzene rings is 2. The zero-order valence-corrected chi connectivity index (χ0v) is 19.6. The van der Waals surface area contributed by atoms with Gasteiger partial charge in [-0.3, -0.25) is 9.69 Å². The summed E-state index contributed by atoms with van der Waals surface area (Å²) >= 11 is 0. The number of esters is 1. The molecule has 0 aliphatic carbocycles. The average molecular weight is 424 g/mol. The molecule has 1 atom stereocenters. The second-order valence-electron chi connectivity index (χ2n) is 9.73. The Labute approximate surface area is 185 Å². The van der Waals surface area contributed by atoms with E-state index in [-0.39, 0.29) is 23.2 Å². The van der Waals surface area contributed by atoms with Crippen molar-refractivity contribution in [3.8, 4) is 5.75 Å². The molecule has 2 aromatic rings. The van der Waals surface area contributed by atoms with Crippen LogP contribution in [0.5, 0.6) is 5.75 Å². The van der Waals surface area contributed by atoms with Crippen molar-refractivity contribution < 1.29 is 19.1 Å². The Hall–Kier alpha value is -2.82. The predicted molar refractivity (Wildman–Crippen MR) is 123 cm³/mol. The molecule has 2 aromatic carbocycles. The molecule has 3 rings (SSSR count). The van der Waals surface area contributed by atoms with Crippen molar-refractivity contribution >= 4 is 17.6 Å². The third-order valence-electron chi connectivity index (χ3n) is 5.91. The lowest BCUT2D eigenvalue weighted by Gasteiger charge is -2.37. The molecule has 31 heavy (non-hydrogen) atoms. The van der Waals surface area contributed by atoms with E-state index in [2.05, 4.69) is 34.6 Å². The number of hydrogen-bond acceptors (Lipinski definition) is 4. The number of para-hydroxylation sites is 1. The Kier molecular flexibility index (Phi) is 6.17. The average Bonchev–Trinajstić information content (AvgIpc) is 3.05. The van der Waals surface area contributed by atoms with Crippen molar-refractivity contribution in [3.63, 3.8) is 0 Å². The van der Waals surface area contributed by atoms with E-state index < -0.39 is 5.54 Å². The molecule has 0 bridgehead atoms. The first-order valence-electron chi connectivity index (χ1n) is 10.7. The predicted octanol–water partition coefficient (Wildman–Crippen LogP) is 5.15. The van der Waals surface area contributed by atoms with Crippen molar-refractivity contribution in [1.82, 2.24) is 0 Å². The van der Waals surface area contributed by atoms with E-state index in [1.807, 2.05) is 36.4 Å². The minimum Gasteiger partial charge on any atom is -0.496 e. The maximum absolute atomic E-state index is 13.9. The summed E-state index contributed by atoms with van der Waals surface area (Å²) in [6.45, 7) is 10.4. The highest BCUT2D eigenvalue weighted by atomic mass is 16.5. The van der Waals surface area contributed by atoms with Crippen LogP contribution in [0.3, 0.4) is 0 Å². The first-order valence-corrected chi connectivity index (χ1v) is 10.7. The minimum atomic E-state index is -1.07. The SMILES string of the molecule is COC(=O)C1(CC(C)C)Cc2ccccc2N1C(=O)c1ccc(C(C)(C)C)c(OC)c1.